The predicted octanol–water partition coefficient (Wildman–Crippen LogP) is 0.569. The summed E-state index contributed by atoms with van der Waals surface area (Å²) >= 11 is 1.37. The highest BCUT2D eigenvalue weighted by Gasteiger charge is 2.08. The molecule has 10 heteroatoms. The molecule has 25 heavy (non-hydrogen) atoms. The molecule has 0 saturated carbocycles. The fourth-order valence-corrected chi connectivity index (χ4v) is 2.80. The number of rotatable bonds is 7. The quantitative estimate of drug-likeness (QED) is 0.487. The number of carbonyl (C=O) groups is 2. The third kappa shape index (κ3) is 6.07. The summed E-state index contributed by atoms with van der Waals surface area (Å²) < 4.78 is 1.53. The topological polar surface area (TPSA) is 114 Å². The second-order valence-corrected chi connectivity index (χ2v) is 6.51. The summed E-state index contributed by atoms with van der Waals surface area (Å²) in [6, 6.07) is 5.93. The molecule has 0 aliphatic carbocycles. The Hall–Kier alpha value is -2.62. The summed E-state index contributed by atoms with van der Waals surface area (Å²) in [4.78, 5) is 23.5. The first-order valence-corrected chi connectivity index (χ1v) is 8.68. The van der Waals surface area contributed by atoms with Gasteiger partial charge in [-0.2, -0.15) is 0 Å². The van der Waals surface area contributed by atoms with Crippen molar-refractivity contribution in [1.29, 1.82) is 0 Å². The monoisotopic (exact) mass is 363 g/mol. The number of tetrazole rings is 1. The van der Waals surface area contributed by atoms with E-state index in [-0.39, 0.29) is 24.8 Å². The first-order chi connectivity index (χ1) is 12.0. The number of thioether (sulfide) groups is 1. The van der Waals surface area contributed by atoms with Crippen molar-refractivity contribution in [3.63, 3.8) is 0 Å². The SMILES string of the molecule is Cc1ccc(NCC(=O)NNC(=O)CCSc2nnnn2C)c(C)c1. The van der Waals surface area contributed by atoms with Gasteiger partial charge in [0.05, 0.1) is 6.54 Å². The van der Waals surface area contributed by atoms with Crippen molar-refractivity contribution in [3.05, 3.63) is 29.3 Å². The minimum atomic E-state index is -0.321. The Morgan fingerprint density at radius 1 is 1.20 bits per heavy atom. The number of carbonyl (C=O) groups excluding carboxylic acids is 2. The maximum absolute atomic E-state index is 11.8. The minimum Gasteiger partial charge on any atom is -0.376 e. The van der Waals surface area contributed by atoms with Crippen LogP contribution in [0, 0.1) is 13.8 Å². The third-order valence-corrected chi connectivity index (χ3v) is 4.32. The standard InChI is InChI=1S/C15H21N7O2S/c1-10-4-5-12(11(2)8-10)16-9-14(24)18-17-13(23)6-7-25-15-19-20-21-22(15)3/h4-5,8,16H,6-7,9H2,1-3H3,(H,17,23)(H,18,24). The van der Waals surface area contributed by atoms with Crippen LogP contribution in [-0.2, 0) is 16.6 Å². The smallest absolute Gasteiger partial charge is 0.257 e. The van der Waals surface area contributed by atoms with Crippen molar-refractivity contribution in [1.82, 2.24) is 31.1 Å². The summed E-state index contributed by atoms with van der Waals surface area (Å²) in [6.07, 6.45) is 0.238. The van der Waals surface area contributed by atoms with Crippen molar-refractivity contribution >= 4 is 29.3 Å². The largest absolute Gasteiger partial charge is 0.376 e. The first-order valence-electron chi connectivity index (χ1n) is 7.69. The Kier molecular flexibility index (Phi) is 6.75. The highest BCUT2D eigenvalue weighted by molar-refractivity contribution is 7.99. The predicted molar refractivity (Wildman–Crippen MR) is 94.8 cm³/mol. The van der Waals surface area contributed by atoms with Crippen LogP contribution in [0.5, 0.6) is 0 Å². The van der Waals surface area contributed by atoms with Crippen molar-refractivity contribution in [3.8, 4) is 0 Å². The van der Waals surface area contributed by atoms with Crippen molar-refractivity contribution in [2.45, 2.75) is 25.4 Å². The molecule has 2 rings (SSSR count). The summed E-state index contributed by atoms with van der Waals surface area (Å²) in [5, 5.41) is 14.7. The van der Waals surface area contributed by atoms with E-state index in [1.54, 1.807) is 7.05 Å². The number of anilines is 1. The molecule has 0 aliphatic heterocycles. The number of hydrogen-bond donors (Lipinski definition) is 3. The highest BCUT2D eigenvalue weighted by atomic mass is 32.2. The van der Waals surface area contributed by atoms with Crippen LogP contribution < -0.4 is 16.2 Å². The number of benzene rings is 1. The molecule has 0 spiro atoms. The normalized spacial score (nSPS) is 10.4. The van der Waals surface area contributed by atoms with Gasteiger partial charge in [0.2, 0.25) is 11.1 Å². The summed E-state index contributed by atoms with van der Waals surface area (Å²) in [5.41, 5.74) is 7.88. The van der Waals surface area contributed by atoms with E-state index in [0.29, 0.717) is 10.9 Å². The maximum Gasteiger partial charge on any atom is 0.257 e. The lowest BCUT2D eigenvalue weighted by atomic mass is 10.1. The molecule has 2 aromatic rings. The van der Waals surface area contributed by atoms with Gasteiger partial charge in [-0.3, -0.25) is 20.4 Å². The maximum atomic E-state index is 11.8. The molecule has 0 aliphatic rings. The highest BCUT2D eigenvalue weighted by Crippen LogP contribution is 2.15. The fourth-order valence-electron chi connectivity index (χ4n) is 2.01. The van der Waals surface area contributed by atoms with Gasteiger partial charge < -0.3 is 5.32 Å². The lowest BCUT2D eigenvalue weighted by Crippen LogP contribution is -2.44. The summed E-state index contributed by atoms with van der Waals surface area (Å²) in [5.74, 6) is -0.0857. The van der Waals surface area contributed by atoms with Crippen LogP contribution in [0.4, 0.5) is 5.69 Å². The van der Waals surface area contributed by atoms with Crippen LogP contribution in [0.2, 0.25) is 0 Å². The van der Waals surface area contributed by atoms with Crippen LogP contribution in [0.15, 0.2) is 23.4 Å². The van der Waals surface area contributed by atoms with Crippen LogP contribution in [0.3, 0.4) is 0 Å². The van der Waals surface area contributed by atoms with E-state index in [9.17, 15) is 9.59 Å². The number of aryl methyl sites for hydroxylation is 3. The van der Waals surface area contributed by atoms with E-state index >= 15 is 0 Å². The average Bonchev–Trinajstić information content (AvgIpc) is 2.97. The first kappa shape index (κ1) is 18.7. The number of nitrogens with one attached hydrogen (secondary N) is 3. The Balaban J connectivity index is 1.63. The van der Waals surface area contributed by atoms with Crippen molar-refractivity contribution in [2.24, 2.45) is 7.05 Å². The fraction of sp³-hybridized carbons (Fsp3) is 0.400. The molecule has 0 fully saturated rings. The van der Waals surface area contributed by atoms with Crippen LogP contribution in [0.25, 0.3) is 0 Å². The van der Waals surface area contributed by atoms with E-state index in [0.717, 1.165) is 16.8 Å². The van der Waals surface area contributed by atoms with Gasteiger partial charge in [0.25, 0.3) is 5.91 Å². The van der Waals surface area contributed by atoms with E-state index in [1.165, 1.54) is 16.4 Å². The van der Waals surface area contributed by atoms with Crippen LogP contribution in [-0.4, -0.2) is 44.3 Å². The molecule has 0 unspecified atom stereocenters. The lowest BCUT2D eigenvalue weighted by Gasteiger charge is -2.11. The van der Waals surface area contributed by atoms with Gasteiger partial charge >= 0.3 is 0 Å². The van der Waals surface area contributed by atoms with Gasteiger partial charge in [-0.05, 0) is 35.9 Å². The number of nitrogens with zero attached hydrogens (tertiary/aromatic N) is 4. The zero-order chi connectivity index (χ0) is 18.2. The molecule has 1 heterocycles. The molecule has 0 saturated heterocycles. The zero-order valence-corrected chi connectivity index (χ0v) is 15.2. The van der Waals surface area contributed by atoms with Crippen LogP contribution >= 0.6 is 11.8 Å². The second-order valence-electron chi connectivity index (χ2n) is 5.45. The van der Waals surface area contributed by atoms with E-state index < -0.39 is 0 Å². The van der Waals surface area contributed by atoms with Gasteiger partial charge in [0, 0.05) is 24.9 Å². The van der Waals surface area contributed by atoms with Gasteiger partial charge in [0.1, 0.15) is 0 Å². The molecular weight excluding hydrogens is 342 g/mol. The number of amides is 2. The Morgan fingerprint density at radius 2 is 1.96 bits per heavy atom. The molecule has 1 aromatic heterocycles. The molecule has 1 aromatic carbocycles. The van der Waals surface area contributed by atoms with Gasteiger partial charge in [-0.15, -0.1) is 5.10 Å². The lowest BCUT2D eigenvalue weighted by molar-refractivity contribution is -0.127. The number of aromatic nitrogens is 4. The molecule has 0 radical (unpaired) electrons. The molecular formula is C15H21N7O2S. The van der Waals surface area contributed by atoms with E-state index in [1.807, 2.05) is 32.0 Å². The third-order valence-electron chi connectivity index (χ3n) is 3.30. The molecule has 9 nitrogen and oxygen atoms in total. The number of hydrazine groups is 1. The van der Waals surface area contributed by atoms with Crippen molar-refractivity contribution < 1.29 is 9.59 Å². The molecule has 3 N–H and O–H groups in total. The van der Waals surface area contributed by atoms with Gasteiger partial charge in [0.15, 0.2) is 0 Å². The molecule has 134 valence electrons. The van der Waals surface area contributed by atoms with Gasteiger partial charge in [-0.1, -0.05) is 29.5 Å². The molecule has 0 atom stereocenters. The Morgan fingerprint density at radius 3 is 2.64 bits per heavy atom. The molecule has 2 amide bonds. The summed E-state index contributed by atoms with van der Waals surface area (Å²) in [6.45, 7) is 4.06. The number of hydrogen-bond acceptors (Lipinski definition) is 7. The second kappa shape index (κ2) is 9.02. The van der Waals surface area contributed by atoms with E-state index in [2.05, 4.69) is 31.7 Å². The Labute approximate surface area is 149 Å². The van der Waals surface area contributed by atoms with Gasteiger partial charge in [-0.25, -0.2) is 4.68 Å². The summed E-state index contributed by atoms with van der Waals surface area (Å²) in [7, 11) is 1.73. The zero-order valence-electron chi connectivity index (χ0n) is 14.4. The average molecular weight is 363 g/mol. The van der Waals surface area contributed by atoms with Crippen molar-refractivity contribution in [2.75, 3.05) is 17.6 Å². The Bertz CT molecular complexity index is 747. The van der Waals surface area contributed by atoms with E-state index in [4.69, 9.17) is 0 Å². The van der Waals surface area contributed by atoms with Crippen LogP contribution in [0.1, 0.15) is 17.5 Å². The molecule has 0 bridgehead atoms. The minimum absolute atomic E-state index is 0.0730.